The number of hydrogen-bond donors (Lipinski definition) is 1. The molecule has 1 nitrogen and oxygen atoms in total. The maximum Gasteiger partial charge on any atom is 0.127 e. The zero-order valence-corrected chi connectivity index (χ0v) is 11.8. The average molecular weight is 255 g/mol. The molecular formula is C15H23F2N. The zero-order valence-electron chi connectivity index (χ0n) is 11.8. The Morgan fingerprint density at radius 2 is 1.72 bits per heavy atom. The summed E-state index contributed by atoms with van der Waals surface area (Å²) in [5.41, 5.74) is 0.811. The summed E-state index contributed by atoms with van der Waals surface area (Å²) in [6, 6.07) is 2.76. The molecule has 1 rings (SSSR count). The van der Waals surface area contributed by atoms with E-state index >= 15 is 0 Å². The molecule has 1 aromatic carbocycles. The Labute approximate surface area is 109 Å². The fraction of sp³-hybridized carbons (Fsp3) is 0.600. The van der Waals surface area contributed by atoms with Crippen molar-refractivity contribution in [2.75, 3.05) is 6.54 Å². The lowest BCUT2D eigenvalue weighted by molar-refractivity contribution is 0.353. The Kier molecular flexibility index (Phi) is 5.27. The first-order chi connectivity index (χ1) is 8.38. The summed E-state index contributed by atoms with van der Waals surface area (Å²) in [4.78, 5) is 0. The van der Waals surface area contributed by atoms with Crippen LogP contribution in [0.15, 0.2) is 12.1 Å². The minimum atomic E-state index is -0.336. The molecule has 0 heterocycles. The minimum Gasteiger partial charge on any atom is -0.313 e. The highest BCUT2D eigenvalue weighted by molar-refractivity contribution is 5.28. The molecule has 0 aliphatic rings. The molecule has 0 aliphatic heterocycles. The standard InChI is InChI=1S/C15H23F2N/c1-6-18-15(9(2)3)11(5)12-8-13(16)10(4)7-14(12)17/h7-9,11,15,18H,6H2,1-5H3. The van der Waals surface area contributed by atoms with Crippen molar-refractivity contribution in [3.05, 3.63) is 34.9 Å². The van der Waals surface area contributed by atoms with E-state index in [-0.39, 0.29) is 23.6 Å². The molecule has 1 N–H and O–H groups in total. The summed E-state index contributed by atoms with van der Waals surface area (Å²) >= 11 is 0. The van der Waals surface area contributed by atoms with Gasteiger partial charge in [0.05, 0.1) is 0 Å². The first-order valence-electron chi connectivity index (χ1n) is 6.57. The molecule has 0 aromatic heterocycles. The van der Waals surface area contributed by atoms with Gasteiger partial charge in [-0.25, -0.2) is 8.78 Å². The number of benzene rings is 1. The van der Waals surface area contributed by atoms with E-state index < -0.39 is 0 Å². The monoisotopic (exact) mass is 255 g/mol. The van der Waals surface area contributed by atoms with Crippen LogP contribution in [0.25, 0.3) is 0 Å². The number of hydrogen-bond acceptors (Lipinski definition) is 1. The largest absolute Gasteiger partial charge is 0.313 e. The van der Waals surface area contributed by atoms with Crippen molar-refractivity contribution in [1.82, 2.24) is 5.32 Å². The maximum absolute atomic E-state index is 14.0. The molecule has 0 radical (unpaired) electrons. The Morgan fingerprint density at radius 1 is 1.11 bits per heavy atom. The number of nitrogens with one attached hydrogen (secondary N) is 1. The highest BCUT2D eigenvalue weighted by Gasteiger charge is 2.24. The van der Waals surface area contributed by atoms with Gasteiger partial charge in [-0.2, -0.15) is 0 Å². The van der Waals surface area contributed by atoms with Gasteiger partial charge in [0.2, 0.25) is 0 Å². The Morgan fingerprint density at radius 3 is 2.22 bits per heavy atom. The summed E-state index contributed by atoms with van der Waals surface area (Å²) in [5, 5.41) is 3.35. The molecule has 0 spiro atoms. The Hall–Kier alpha value is -0.960. The van der Waals surface area contributed by atoms with E-state index in [1.54, 1.807) is 6.92 Å². The van der Waals surface area contributed by atoms with Crippen molar-refractivity contribution in [2.24, 2.45) is 5.92 Å². The fourth-order valence-electron chi connectivity index (χ4n) is 2.43. The normalized spacial score (nSPS) is 14.9. The molecule has 0 fully saturated rings. The molecule has 0 saturated heterocycles. The average Bonchev–Trinajstić information content (AvgIpc) is 2.29. The van der Waals surface area contributed by atoms with Crippen molar-refractivity contribution in [1.29, 1.82) is 0 Å². The third kappa shape index (κ3) is 3.29. The highest BCUT2D eigenvalue weighted by Crippen LogP contribution is 2.28. The quantitative estimate of drug-likeness (QED) is 0.838. The highest BCUT2D eigenvalue weighted by atomic mass is 19.1. The van der Waals surface area contributed by atoms with E-state index in [2.05, 4.69) is 19.2 Å². The predicted molar refractivity (Wildman–Crippen MR) is 71.8 cm³/mol. The molecule has 3 heteroatoms. The van der Waals surface area contributed by atoms with Gasteiger partial charge in [0.1, 0.15) is 11.6 Å². The maximum atomic E-state index is 14.0. The van der Waals surface area contributed by atoms with Crippen molar-refractivity contribution in [3.63, 3.8) is 0 Å². The van der Waals surface area contributed by atoms with Crippen LogP contribution in [0.1, 0.15) is 44.7 Å². The Balaban J connectivity index is 3.08. The second kappa shape index (κ2) is 6.28. The molecule has 102 valence electrons. The van der Waals surface area contributed by atoms with E-state index in [0.29, 0.717) is 17.0 Å². The predicted octanol–water partition coefficient (Wildman–Crippen LogP) is 4.01. The van der Waals surface area contributed by atoms with Crippen molar-refractivity contribution in [3.8, 4) is 0 Å². The van der Waals surface area contributed by atoms with E-state index in [4.69, 9.17) is 0 Å². The zero-order chi connectivity index (χ0) is 13.9. The smallest absolute Gasteiger partial charge is 0.127 e. The van der Waals surface area contributed by atoms with Crippen LogP contribution in [0.3, 0.4) is 0 Å². The summed E-state index contributed by atoms with van der Waals surface area (Å²) < 4.78 is 27.5. The molecule has 0 amide bonds. The second-order valence-electron chi connectivity index (χ2n) is 5.24. The lowest BCUT2D eigenvalue weighted by Gasteiger charge is -2.29. The van der Waals surface area contributed by atoms with Crippen LogP contribution < -0.4 is 5.32 Å². The van der Waals surface area contributed by atoms with Crippen molar-refractivity contribution >= 4 is 0 Å². The van der Waals surface area contributed by atoms with Crippen molar-refractivity contribution in [2.45, 2.75) is 46.6 Å². The Bertz CT molecular complexity index is 402. The first-order valence-corrected chi connectivity index (χ1v) is 6.57. The molecule has 0 saturated carbocycles. The van der Waals surface area contributed by atoms with E-state index in [1.807, 2.05) is 13.8 Å². The van der Waals surface area contributed by atoms with Crippen LogP contribution in [0.2, 0.25) is 0 Å². The van der Waals surface area contributed by atoms with Gasteiger partial charge in [-0.1, -0.05) is 27.7 Å². The SMILES string of the molecule is CCNC(C(C)C)C(C)c1cc(F)c(C)cc1F. The first kappa shape index (κ1) is 15.1. The van der Waals surface area contributed by atoms with Crippen molar-refractivity contribution < 1.29 is 8.78 Å². The number of aryl methyl sites for hydroxylation is 1. The van der Waals surface area contributed by atoms with Crippen LogP contribution in [0.5, 0.6) is 0 Å². The summed E-state index contributed by atoms with van der Waals surface area (Å²) in [7, 11) is 0. The lowest BCUT2D eigenvalue weighted by Crippen LogP contribution is -2.38. The van der Waals surface area contributed by atoms with Gasteiger partial charge in [-0.05, 0) is 48.6 Å². The van der Waals surface area contributed by atoms with Gasteiger partial charge in [-0.3, -0.25) is 0 Å². The van der Waals surface area contributed by atoms with E-state index in [0.717, 1.165) is 6.54 Å². The third-order valence-electron chi connectivity index (χ3n) is 3.47. The van der Waals surface area contributed by atoms with Crippen LogP contribution in [-0.2, 0) is 0 Å². The molecule has 18 heavy (non-hydrogen) atoms. The van der Waals surface area contributed by atoms with Crippen LogP contribution in [-0.4, -0.2) is 12.6 Å². The minimum absolute atomic E-state index is 0.0555. The van der Waals surface area contributed by atoms with Gasteiger partial charge >= 0.3 is 0 Å². The summed E-state index contributed by atoms with van der Waals surface area (Å²) in [6.45, 7) is 10.5. The number of halogens is 2. The summed E-state index contributed by atoms with van der Waals surface area (Å²) in [6.07, 6.45) is 0. The second-order valence-corrected chi connectivity index (χ2v) is 5.24. The molecule has 0 bridgehead atoms. The van der Waals surface area contributed by atoms with E-state index in [9.17, 15) is 8.78 Å². The number of likely N-dealkylation sites (N-methyl/N-ethyl adjacent to an activating group) is 1. The lowest BCUT2D eigenvalue weighted by atomic mass is 9.85. The van der Waals surface area contributed by atoms with Crippen LogP contribution in [0, 0.1) is 24.5 Å². The molecule has 0 aliphatic carbocycles. The van der Waals surface area contributed by atoms with E-state index in [1.165, 1.54) is 12.1 Å². The molecule has 2 atom stereocenters. The number of rotatable bonds is 5. The van der Waals surface area contributed by atoms with Gasteiger partial charge in [0, 0.05) is 6.04 Å². The summed E-state index contributed by atoms with van der Waals surface area (Å²) in [5.74, 6) is -0.342. The van der Waals surface area contributed by atoms with Gasteiger partial charge in [0.25, 0.3) is 0 Å². The van der Waals surface area contributed by atoms with Crippen LogP contribution in [0.4, 0.5) is 8.78 Å². The van der Waals surface area contributed by atoms with Gasteiger partial charge in [0.15, 0.2) is 0 Å². The van der Waals surface area contributed by atoms with Gasteiger partial charge in [-0.15, -0.1) is 0 Å². The molecule has 2 unspecified atom stereocenters. The van der Waals surface area contributed by atoms with Crippen LogP contribution >= 0.6 is 0 Å². The van der Waals surface area contributed by atoms with Gasteiger partial charge < -0.3 is 5.32 Å². The molecular weight excluding hydrogens is 232 g/mol. The fourth-order valence-corrected chi connectivity index (χ4v) is 2.43. The molecule has 1 aromatic rings. The topological polar surface area (TPSA) is 12.0 Å². The third-order valence-corrected chi connectivity index (χ3v) is 3.47.